The molecule has 2 fully saturated rings. The lowest BCUT2D eigenvalue weighted by atomic mass is 9.74. The molecular weight excluding hydrogens is 318 g/mol. The fourth-order valence-electron chi connectivity index (χ4n) is 4.43. The van der Waals surface area contributed by atoms with Crippen LogP contribution < -0.4 is 15.4 Å². The molecule has 0 aromatic heterocycles. The van der Waals surface area contributed by atoms with Gasteiger partial charge >= 0.3 is 6.03 Å². The van der Waals surface area contributed by atoms with Crippen molar-refractivity contribution < 1.29 is 14.6 Å². The normalized spacial score (nSPS) is 26.6. The van der Waals surface area contributed by atoms with Gasteiger partial charge in [-0.3, -0.25) is 0 Å². The van der Waals surface area contributed by atoms with E-state index in [1.165, 1.54) is 0 Å². The van der Waals surface area contributed by atoms with Crippen molar-refractivity contribution in [3.05, 3.63) is 23.3 Å². The summed E-state index contributed by atoms with van der Waals surface area (Å²) in [5.41, 5.74) is 1.56. The SMILES string of the molecule is N#Cc1ccc(O[C@H]2C[C@H](CO)C2)c2c1NC(=O)NC21CCCCC1. The summed E-state index contributed by atoms with van der Waals surface area (Å²) < 4.78 is 6.23. The monoisotopic (exact) mass is 341 g/mol. The number of aliphatic hydroxyl groups is 1. The van der Waals surface area contributed by atoms with E-state index >= 15 is 0 Å². The Bertz CT molecular complexity index is 728. The topological polar surface area (TPSA) is 94.4 Å². The second-order valence-corrected chi connectivity index (χ2v) is 7.45. The van der Waals surface area contributed by atoms with Crippen LogP contribution in [0.1, 0.15) is 56.1 Å². The molecule has 0 saturated heterocycles. The number of amides is 2. The zero-order chi connectivity index (χ0) is 17.4. The first kappa shape index (κ1) is 16.2. The zero-order valence-corrected chi connectivity index (χ0v) is 14.2. The average molecular weight is 341 g/mol. The lowest BCUT2D eigenvalue weighted by Crippen LogP contribution is -2.53. The number of urea groups is 1. The molecule has 2 aliphatic carbocycles. The number of fused-ring (bicyclic) bond motifs is 2. The number of hydrogen-bond donors (Lipinski definition) is 3. The van der Waals surface area contributed by atoms with Crippen molar-refractivity contribution in [3.63, 3.8) is 0 Å². The van der Waals surface area contributed by atoms with Crippen LogP contribution in [0.25, 0.3) is 0 Å². The summed E-state index contributed by atoms with van der Waals surface area (Å²) in [7, 11) is 0. The van der Waals surface area contributed by atoms with Crippen LogP contribution >= 0.6 is 0 Å². The largest absolute Gasteiger partial charge is 0.490 e. The van der Waals surface area contributed by atoms with Gasteiger partial charge in [-0.05, 0) is 43.7 Å². The van der Waals surface area contributed by atoms with Gasteiger partial charge in [0.15, 0.2) is 0 Å². The van der Waals surface area contributed by atoms with Crippen LogP contribution in [-0.2, 0) is 5.54 Å². The van der Waals surface area contributed by atoms with E-state index in [0.29, 0.717) is 17.2 Å². The molecule has 1 spiro atoms. The van der Waals surface area contributed by atoms with Crippen LogP contribution in [0, 0.1) is 17.2 Å². The Balaban J connectivity index is 1.75. The average Bonchev–Trinajstić information content (AvgIpc) is 2.58. The zero-order valence-electron chi connectivity index (χ0n) is 14.2. The standard InChI is InChI=1S/C19H23N3O3/c20-10-13-4-5-15(25-14-8-12(9-14)11-23)16-17(13)21-18(24)22-19(16)6-2-1-3-7-19/h4-5,12,14,23H,1-3,6-9,11H2,(H2,21,22,24)/t12-,14-. The lowest BCUT2D eigenvalue weighted by molar-refractivity contribution is 0.0304. The summed E-state index contributed by atoms with van der Waals surface area (Å²) in [5, 5.41) is 24.6. The highest BCUT2D eigenvalue weighted by atomic mass is 16.5. The fourth-order valence-corrected chi connectivity index (χ4v) is 4.43. The van der Waals surface area contributed by atoms with Crippen molar-refractivity contribution in [3.8, 4) is 11.8 Å². The van der Waals surface area contributed by atoms with Gasteiger partial charge in [0.25, 0.3) is 0 Å². The number of rotatable bonds is 3. The third-order valence-corrected chi connectivity index (χ3v) is 5.81. The molecule has 6 nitrogen and oxygen atoms in total. The molecule has 3 aliphatic rings. The second-order valence-electron chi connectivity index (χ2n) is 7.45. The molecule has 25 heavy (non-hydrogen) atoms. The van der Waals surface area contributed by atoms with Gasteiger partial charge in [-0.25, -0.2) is 4.79 Å². The molecule has 6 heteroatoms. The molecular formula is C19H23N3O3. The summed E-state index contributed by atoms with van der Waals surface area (Å²) in [6.45, 7) is 0.201. The Morgan fingerprint density at radius 2 is 2.04 bits per heavy atom. The summed E-state index contributed by atoms with van der Waals surface area (Å²) in [5.74, 6) is 1.07. The number of nitrogens with one attached hydrogen (secondary N) is 2. The Morgan fingerprint density at radius 1 is 1.28 bits per heavy atom. The number of hydrogen-bond acceptors (Lipinski definition) is 4. The van der Waals surface area contributed by atoms with E-state index < -0.39 is 5.54 Å². The van der Waals surface area contributed by atoms with Crippen LogP contribution in [0.15, 0.2) is 12.1 Å². The highest BCUT2D eigenvalue weighted by Crippen LogP contribution is 2.49. The maximum atomic E-state index is 12.2. The molecule has 1 heterocycles. The molecule has 2 saturated carbocycles. The molecule has 4 rings (SSSR count). The van der Waals surface area contributed by atoms with E-state index in [9.17, 15) is 15.2 Å². The predicted molar refractivity (Wildman–Crippen MR) is 92.3 cm³/mol. The van der Waals surface area contributed by atoms with Crippen LogP contribution in [0.2, 0.25) is 0 Å². The van der Waals surface area contributed by atoms with Crippen LogP contribution in [0.5, 0.6) is 5.75 Å². The van der Waals surface area contributed by atoms with Crippen molar-refractivity contribution >= 4 is 11.7 Å². The molecule has 1 aliphatic heterocycles. The number of carbonyl (C=O) groups excluding carboxylic acids is 1. The quantitative estimate of drug-likeness (QED) is 0.788. The van der Waals surface area contributed by atoms with E-state index in [1.54, 1.807) is 6.07 Å². The van der Waals surface area contributed by atoms with Crippen LogP contribution in [0.3, 0.4) is 0 Å². The van der Waals surface area contributed by atoms with E-state index in [-0.39, 0.29) is 18.7 Å². The number of aliphatic hydroxyl groups excluding tert-OH is 1. The molecule has 0 radical (unpaired) electrons. The van der Waals surface area contributed by atoms with Crippen molar-refractivity contribution in [2.24, 2.45) is 5.92 Å². The number of ether oxygens (including phenoxy) is 1. The first-order valence-electron chi connectivity index (χ1n) is 9.09. The molecule has 0 atom stereocenters. The Morgan fingerprint density at radius 3 is 2.72 bits per heavy atom. The summed E-state index contributed by atoms with van der Waals surface area (Å²) in [6, 6.07) is 5.53. The maximum Gasteiger partial charge on any atom is 0.319 e. The van der Waals surface area contributed by atoms with E-state index in [2.05, 4.69) is 16.7 Å². The third kappa shape index (κ3) is 2.73. The van der Waals surface area contributed by atoms with Crippen molar-refractivity contribution in [2.75, 3.05) is 11.9 Å². The highest BCUT2D eigenvalue weighted by Gasteiger charge is 2.44. The minimum Gasteiger partial charge on any atom is -0.490 e. The van der Waals surface area contributed by atoms with Crippen LogP contribution in [0.4, 0.5) is 10.5 Å². The van der Waals surface area contributed by atoms with Gasteiger partial charge in [-0.15, -0.1) is 0 Å². The summed E-state index contributed by atoms with van der Waals surface area (Å²) in [6.07, 6.45) is 6.77. The Kier molecular flexibility index (Phi) is 4.04. The van der Waals surface area contributed by atoms with Gasteiger partial charge < -0.3 is 20.5 Å². The van der Waals surface area contributed by atoms with Gasteiger partial charge in [0.1, 0.15) is 11.8 Å². The lowest BCUT2D eigenvalue weighted by Gasteiger charge is -2.44. The first-order chi connectivity index (χ1) is 12.1. The van der Waals surface area contributed by atoms with Crippen molar-refractivity contribution in [1.29, 1.82) is 5.26 Å². The minimum absolute atomic E-state index is 0.0902. The van der Waals surface area contributed by atoms with Crippen LogP contribution in [-0.4, -0.2) is 23.8 Å². The molecule has 0 unspecified atom stereocenters. The van der Waals surface area contributed by atoms with Gasteiger partial charge in [-0.2, -0.15) is 5.26 Å². The summed E-state index contributed by atoms with van der Waals surface area (Å²) >= 11 is 0. The Labute approximate surface area is 147 Å². The number of carbonyl (C=O) groups is 1. The molecule has 1 aromatic rings. The van der Waals surface area contributed by atoms with Crippen molar-refractivity contribution in [1.82, 2.24) is 5.32 Å². The van der Waals surface area contributed by atoms with Gasteiger partial charge in [0.05, 0.1) is 22.9 Å². The first-order valence-corrected chi connectivity index (χ1v) is 9.09. The smallest absolute Gasteiger partial charge is 0.319 e. The molecule has 2 amide bonds. The molecule has 3 N–H and O–H groups in total. The molecule has 0 bridgehead atoms. The van der Waals surface area contributed by atoms with Crippen molar-refractivity contribution in [2.45, 2.75) is 56.6 Å². The van der Waals surface area contributed by atoms with Gasteiger partial charge in [0.2, 0.25) is 0 Å². The second kappa shape index (κ2) is 6.23. The van der Waals surface area contributed by atoms with Gasteiger partial charge in [0, 0.05) is 12.2 Å². The molecule has 132 valence electrons. The fraction of sp³-hybridized carbons (Fsp3) is 0.579. The van der Waals surface area contributed by atoms with E-state index in [4.69, 9.17) is 4.74 Å². The highest BCUT2D eigenvalue weighted by molar-refractivity contribution is 5.96. The maximum absolute atomic E-state index is 12.2. The van der Waals surface area contributed by atoms with Gasteiger partial charge in [-0.1, -0.05) is 19.3 Å². The van der Waals surface area contributed by atoms with E-state index in [0.717, 1.165) is 56.3 Å². The Hall–Kier alpha value is -2.26. The minimum atomic E-state index is -0.446. The van der Waals surface area contributed by atoms with E-state index in [1.807, 2.05) is 6.07 Å². The molecule has 1 aromatic carbocycles. The number of anilines is 1. The third-order valence-electron chi connectivity index (χ3n) is 5.81. The number of nitriles is 1. The summed E-state index contributed by atoms with van der Waals surface area (Å²) in [4.78, 5) is 12.2. The number of benzene rings is 1. The predicted octanol–water partition coefficient (Wildman–Crippen LogP) is 3.00. The number of nitrogens with zero attached hydrogens (tertiary/aromatic N) is 1.